The lowest BCUT2D eigenvalue weighted by molar-refractivity contribution is 0.443. The highest BCUT2D eigenvalue weighted by atomic mass is 19.1. The second kappa shape index (κ2) is 5.97. The van der Waals surface area contributed by atoms with Crippen LogP contribution in [0, 0.1) is 5.82 Å². The SMILES string of the molecule is CCC(=Cc1cccc(F)c1)CNC(C)(C)C. The van der Waals surface area contributed by atoms with Gasteiger partial charge < -0.3 is 5.32 Å². The molecule has 94 valence electrons. The van der Waals surface area contributed by atoms with Crippen LogP contribution in [0.4, 0.5) is 4.39 Å². The van der Waals surface area contributed by atoms with Crippen LogP contribution in [0.15, 0.2) is 29.8 Å². The van der Waals surface area contributed by atoms with Gasteiger partial charge in [-0.15, -0.1) is 0 Å². The minimum atomic E-state index is -0.182. The first-order chi connectivity index (χ1) is 7.90. The molecule has 2 heteroatoms. The van der Waals surface area contributed by atoms with Gasteiger partial charge in [-0.3, -0.25) is 0 Å². The van der Waals surface area contributed by atoms with Crippen molar-refractivity contribution < 1.29 is 4.39 Å². The average molecular weight is 235 g/mol. The fourth-order valence-electron chi connectivity index (χ4n) is 1.49. The Balaban J connectivity index is 2.73. The number of benzene rings is 1. The molecule has 0 amide bonds. The highest BCUT2D eigenvalue weighted by Gasteiger charge is 2.08. The minimum absolute atomic E-state index is 0.107. The quantitative estimate of drug-likeness (QED) is 0.831. The Morgan fingerprint density at radius 3 is 2.59 bits per heavy atom. The summed E-state index contributed by atoms with van der Waals surface area (Å²) in [5.74, 6) is -0.182. The number of halogens is 1. The number of hydrogen-bond donors (Lipinski definition) is 1. The number of hydrogen-bond acceptors (Lipinski definition) is 1. The first kappa shape index (κ1) is 13.9. The van der Waals surface area contributed by atoms with E-state index >= 15 is 0 Å². The Labute approximate surface area is 104 Å². The van der Waals surface area contributed by atoms with Crippen LogP contribution in [0.2, 0.25) is 0 Å². The summed E-state index contributed by atoms with van der Waals surface area (Å²) in [5.41, 5.74) is 2.32. The lowest BCUT2D eigenvalue weighted by Crippen LogP contribution is -2.36. The first-order valence-electron chi connectivity index (χ1n) is 6.11. The fraction of sp³-hybridized carbons (Fsp3) is 0.467. The van der Waals surface area contributed by atoms with Crippen molar-refractivity contribution in [2.45, 2.75) is 39.7 Å². The van der Waals surface area contributed by atoms with Crippen LogP contribution < -0.4 is 5.32 Å². The van der Waals surface area contributed by atoms with E-state index in [4.69, 9.17) is 0 Å². The predicted octanol–water partition coefficient (Wildman–Crippen LogP) is 4.01. The molecule has 0 spiro atoms. The van der Waals surface area contributed by atoms with Gasteiger partial charge in [-0.1, -0.05) is 30.7 Å². The third-order valence-corrected chi connectivity index (χ3v) is 2.52. The molecule has 0 aromatic heterocycles. The summed E-state index contributed by atoms with van der Waals surface area (Å²) in [6.07, 6.45) is 3.03. The van der Waals surface area contributed by atoms with E-state index in [0.29, 0.717) is 0 Å². The molecular weight excluding hydrogens is 213 g/mol. The molecule has 0 heterocycles. The molecule has 0 atom stereocenters. The van der Waals surface area contributed by atoms with Gasteiger partial charge in [0.05, 0.1) is 0 Å². The maximum absolute atomic E-state index is 13.1. The highest BCUT2D eigenvalue weighted by molar-refractivity contribution is 5.53. The molecule has 1 N–H and O–H groups in total. The van der Waals surface area contributed by atoms with E-state index in [1.165, 1.54) is 11.6 Å². The molecule has 1 rings (SSSR count). The monoisotopic (exact) mass is 235 g/mol. The van der Waals surface area contributed by atoms with E-state index in [-0.39, 0.29) is 11.4 Å². The van der Waals surface area contributed by atoms with Gasteiger partial charge in [-0.2, -0.15) is 0 Å². The van der Waals surface area contributed by atoms with E-state index in [2.05, 4.69) is 39.1 Å². The predicted molar refractivity (Wildman–Crippen MR) is 72.4 cm³/mol. The Bertz CT molecular complexity index is 388. The molecule has 0 saturated heterocycles. The lowest BCUT2D eigenvalue weighted by Gasteiger charge is -2.21. The van der Waals surface area contributed by atoms with Gasteiger partial charge in [0.25, 0.3) is 0 Å². The molecule has 0 aliphatic carbocycles. The Morgan fingerprint density at radius 1 is 1.35 bits per heavy atom. The topological polar surface area (TPSA) is 12.0 Å². The average Bonchev–Trinajstić information content (AvgIpc) is 2.23. The summed E-state index contributed by atoms with van der Waals surface area (Å²) >= 11 is 0. The van der Waals surface area contributed by atoms with E-state index in [0.717, 1.165) is 18.5 Å². The van der Waals surface area contributed by atoms with Crippen molar-refractivity contribution in [3.05, 3.63) is 41.2 Å². The summed E-state index contributed by atoms with van der Waals surface area (Å²) in [6, 6.07) is 6.70. The number of nitrogens with one attached hydrogen (secondary N) is 1. The normalized spacial score (nSPS) is 12.9. The van der Waals surface area contributed by atoms with Crippen molar-refractivity contribution in [1.29, 1.82) is 0 Å². The number of rotatable bonds is 4. The summed E-state index contributed by atoms with van der Waals surface area (Å²) < 4.78 is 13.1. The minimum Gasteiger partial charge on any atom is -0.308 e. The summed E-state index contributed by atoms with van der Waals surface area (Å²) in [6.45, 7) is 9.39. The maximum Gasteiger partial charge on any atom is 0.123 e. The van der Waals surface area contributed by atoms with Gasteiger partial charge in [0, 0.05) is 12.1 Å². The zero-order valence-corrected chi connectivity index (χ0v) is 11.2. The molecule has 0 unspecified atom stereocenters. The Hall–Kier alpha value is -1.15. The molecule has 0 aliphatic rings. The van der Waals surface area contributed by atoms with Gasteiger partial charge in [-0.25, -0.2) is 4.39 Å². The van der Waals surface area contributed by atoms with Gasteiger partial charge in [0.2, 0.25) is 0 Å². The first-order valence-corrected chi connectivity index (χ1v) is 6.11. The van der Waals surface area contributed by atoms with E-state index in [1.54, 1.807) is 12.1 Å². The third kappa shape index (κ3) is 5.64. The third-order valence-electron chi connectivity index (χ3n) is 2.52. The second-order valence-corrected chi connectivity index (χ2v) is 5.31. The fourth-order valence-corrected chi connectivity index (χ4v) is 1.49. The van der Waals surface area contributed by atoms with Gasteiger partial charge in [0.1, 0.15) is 5.82 Å². The summed E-state index contributed by atoms with van der Waals surface area (Å²) in [4.78, 5) is 0. The van der Waals surface area contributed by atoms with Crippen molar-refractivity contribution in [2.24, 2.45) is 0 Å². The van der Waals surface area contributed by atoms with Crippen LogP contribution in [0.1, 0.15) is 39.7 Å². The molecule has 0 bridgehead atoms. The van der Waals surface area contributed by atoms with Crippen LogP contribution in [-0.2, 0) is 0 Å². The second-order valence-electron chi connectivity index (χ2n) is 5.31. The molecule has 1 nitrogen and oxygen atoms in total. The van der Waals surface area contributed by atoms with Gasteiger partial charge >= 0.3 is 0 Å². The van der Waals surface area contributed by atoms with Crippen molar-refractivity contribution in [2.75, 3.05) is 6.54 Å². The molecule has 17 heavy (non-hydrogen) atoms. The zero-order valence-electron chi connectivity index (χ0n) is 11.2. The standard InChI is InChI=1S/C15H22FN/c1-5-12(11-17-15(2,3)4)9-13-7-6-8-14(16)10-13/h6-10,17H,5,11H2,1-4H3. The van der Waals surface area contributed by atoms with Crippen LogP contribution in [0.3, 0.4) is 0 Å². The van der Waals surface area contributed by atoms with Gasteiger partial charge in [0.15, 0.2) is 0 Å². The van der Waals surface area contributed by atoms with E-state index in [9.17, 15) is 4.39 Å². The van der Waals surface area contributed by atoms with Crippen molar-refractivity contribution >= 4 is 6.08 Å². The molecule has 0 radical (unpaired) electrons. The van der Waals surface area contributed by atoms with Crippen molar-refractivity contribution in [3.8, 4) is 0 Å². The lowest BCUT2D eigenvalue weighted by atomic mass is 10.1. The summed E-state index contributed by atoms with van der Waals surface area (Å²) in [7, 11) is 0. The molecule has 1 aromatic carbocycles. The van der Waals surface area contributed by atoms with Crippen LogP contribution in [-0.4, -0.2) is 12.1 Å². The van der Waals surface area contributed by atoms with Crippen molar-refractivity contribution in [1.82, 2.24) is 5.32 Å². The highest BCUT2D eigenvalue weighted by Crippen LogP contribution is 2.12. The molecular formula is C15H22FN. The molecule has 1 aromatic rings. The molecule has 0 fully saturated rings. The van der Waals surface area contributed by atoms with E-state index < -0.39 is 0 Å². The molecule has 0 aliphatic heterocycles. The van der Waals surface area contributed by atoms with Crippen molar-refractivity contribution in [3.63, 3.8) is 0 Å². The zero-order chi connectivity index (χ0) is 12.9. The Kier molecular flexibility index (Phi) is 4.88. The van der Waals surface area contributed by atoms with Gasteiger partial charge in [-0.05, 0) is 44.9 Å². The Morgan fingerprint density at radius 2 is 2.06 bits per heavy atom. The molecule has 0 saturated carbocycles. The summed E-state index contributed by atoms with van der Waals surface area (Å²) in [5, 5.41) is 3.45. The van der Waals surface area contributed by atoms with Crippen LogP contribution in [0.5, 0.6) is 0 Å². The maximum atomic E-state index is 13.1. The largest absolute Gasteiger partial charge is 0.308 e. The van der Waals surface area contributed by atoms with E-state index in [1.807, 2.05) is 6.07 Å². The van der Waals surface area contributed by atoms with Crippen LogP contribution in [0.25, 0.3) is 6.08 Å². The van der Waals surface area contributed by atoms with Crippen LogP contribution >= 0.6 is 0 Å². The smallest absolute Gasteiger partial charge is 0.123 e.